The minimum absolute atomic E-state index is 0.862. The predicted octanol–water partition coefficient (Wildman–Crippen LogP) is 14.8. The highest BCUT2D eigenvalue weighted by Gasteiger charge is 2.23. The summed E-state index contributed by atoms with van der Waals surface area (Å²) in [7, 11) is 2.11. The van der Waals surface area contributed by atoms with E-state index in [0.29, 0.717) is 0 Å². The number of anilines is 3. The van der Waals surface area contributed by atoms with Crippen LogP contribution in [0.25, 0.3) is 77.7 Å². The molecular weight excluding hydrogens is 755 g/mol. The van der Waals surface area contributed by atoms with E-state index in [0.717, 1.165) is 45.0 Å². The number of benzene rings is 8. The summed E-state index contributed by atoms with van der Waals surface area (Å²) in [6.45, 7) is 4.42. The van der Waals surface area contributed by atoms with Crippen molar-refractivity contribution in [3.8, 4) is 44.9 Å². The number of aryl methyl sites for hydroxylation is 3. The fraction of sp³-hybridized carbons (Fsp3) is 0.0526. The first-order valence-electron chi connectivity index (χ1n) is 21.2. The van der Waals surface area contributed by atoms with Gasteiger partial charge in [-0.2, -0.15) is 4.57 Å². The van der Waals surface area contributed by atoms with Gasteiger partial charge in [0.25, 0.3) is 0 Å². The first-order chi connectivity index (χ1) is 30.5. The lowest BCUT2D eigenvalue weighted by atomic mass is 9.88. The molecule has 0 spiro atoms. The molecular formula is C57H44N5+. The number of hydrogen-bond donors (Lipinski definition) is 0. The normalized spacial score (nSPS) is 11.5. The topological polar surface area (TPSA) is 30.9 Å². The Morgan fingerprint density at radius 1 is 0.468 bits per heavy atom. The van der Waals surface area contributed by atoms with Crippen molar-refractivity contribution in [1.82, 2.24) is 18.7 Å². The first kappa shape index (κ1) is 37.0. The van der Waals surface area contributed by atoms with Gasteiger partial charge in [0.2, 0.25) is 0 Å². The molecule has 0 atom stereocenters. The molecule has 0 aliphatic heterocycles. The number of aromatic nitrogens is 4. The van der Waals surface area contributed by atoms with Gasteiger partial charge < -0.3 is 4.90 Å². The Morgan fingerprint density at radius 3 is 1.79 bits per heavy atom. The van der Waals surface area contributed by atoms with Gasteiger partial charge in [0, 0.05) is 54.0 Å². The molecule has 3 aromatic heterocycles. The third-order valence-corrected chi connectivity index (χ3v) is 12.3. The molecule has 0 aliphatic rings. The van der Waals surface area contributed by atoms with Crippen LogP contribution in [-0.2, 0) is 7.05 Å². The number of pyridine rings is 1. The summed E-state index contributed by atoms with van der Waals surface area (Å²) in [6.07, 6.45) is 4.13. The van der Waals surface area contributed by atoms with E-state index in [1.165, 1.54) is 60.9 Å². The lowest BCUT2D eigenvalue weighted by Gasteiger charge is -2.29. The van der Waals surface area contributed by atoms with E-state index in [1.54, 1.807) is 0 Å². The number of rotatable bonds is 8. The van der Waals surface area contributed by atoms with Crippen LogP contribution in [0.1, 0.15) is 11.1 Å². The van der Waals surface area contributed by atoms with Crippen molar-refractivity contribution in [2.75, 3.05) is 4.90 Å². The number of hydrogen-bond acceptors (Lipinski definition) is 2. The van der Waals surface area contributed by atoms with Gasteiger partial charge in [0.1, 0.15) is 11.5 Å². The minimum Gasteiger partial charge on any atom is -0.309 e. The van der Waals surface area contributed by atoms with Crippen LogP contribution in [0.4, 0.5) is 17.1 Å². The van der Waals surface area contributed by atoms with Gasteiger partial charge in [-0.1, -0.05) is 121 Å². The smallest absolute Gasteiger partial charge is 0.191 e. The van der Waals surface area contributed by atoms with Crippen molar-refractivity contribution < 1.29 is 0 Å². The van der Waals surface area contributed by atoms with Crippen LogP contribution in [0.2, 0.25) is 0 Å². The molecule has 62 heavy (non-hydrogen) atoms. The lowest BCUT2D eigenvalue weighted by molar-refractivity contribution is 0.911. The number of fused-ring (bicyclic) bond motifs is 4. The average molecular weight is 799 g/mol. The van der Waals surface area contributed by atoms with E-state index in [9.17, 15) is 0 Å². The number of nitrogens with zero attached hydrogens (tertiary/aromatic N) is 5. The summed E-state index contributed by atoms with van der Waals surface area (Å²) in [5.41, 5.74) is 18.4. The Balaban J connectivity index is 1.13. The van der Waals surface area contributed by atoms with E-state index in [4.69, 9.17) is 4.98 Å². The molecule has 0 fully saturated rings. The van der Waals surface area contributed by atoms with Crippen LogP contribution in [0.5, 0.6) is 0 Å². The third-order valence-electron chi connectivity index (χ3n) is 12.3. The van der Waals surface area contributed by atoms with Gasteiger partial charge in [-0.3, -0.25) is 4.57 Å². The summed E-state index contributed by atoms with van der Waals surface area (Å²) in [5.74, 6) is 0.862. The van der Waals surface area contributed by atoms with Crippen molar-refractivity contribution in [1.29, 1.82) is 0 Å². The summed E-state index contributed by atoms with van der Waals surface area (Å²) in [5, 5.41) is 2.36. The Bertz CT molecular complexity index is 3370. The van der Waals surface area contributed by atoms with E-state index >= 15 is 0 Å². The molecule has 0 aliphatic carbocycles. The number of imidazole rings is 1. The monoisotopic (exact) mass is 798 g/mol. The van der Waals surface area contributed by atoms with Crippen LogP contribution in [0.3, 0.4) is 0 Å². The third kappa shape index (κ3) is 6.25. The fourth-order valence-electron chi connectivity index (χ4n) is 9.44. The molecule has 0 amide bonds. The average Bonchev–Trinajstić information content (AvgIpc) is 3.84. The molecule has 5 nitrogen and oxygen atoms in total. The van der Waals surface area contributed by atoms with Crippen LogP contribution in [-0.4, -0.2) is 18.7 Å². The zero-order chi connectivity index (χ0) is 41.7. The standard InChI is InChI=1S/C57H44N5/c1-39-17-14-18-40(2)57(39)61(45-24-15-23-44(36-45)60-38-59(3)52-29-12-13-30-53(52)60)46-31-32-50-49-25-10-11-28-51(49)62(54(50)37-46)55-35-43(33-34-58-55)56-47(41-19-6-4-7-20-41)26-16-27-48(56)42-21-8-5-9-22-42/h4-38H,1-3H3/q+1. The zero-order valence-corrected chi connectivity index (χ0v) is 34.9. The molecule has 3 heterocycles. The maximum atomic E-state index is 5.15. The molecule has 0 bridgehead atoms. The highest BCUT2D eigenvalue weighted by Crippen LogP contribution is 2.44. The molecule has 5 heteroatoms. The highest BCUT2D eigenvalue weighted by molar-refractivity contribution is 6.10. The van der Waals surface area contributed by atoms with Crippen LogP contribution in [0, 0.1) is 13.8 Å². The second-order valence-electron chi connectivity index (χ2n) is 16.1. The number of para-hydroxylation sites is 4. The maximum Gasteiger partial charge on any atom is 0.191 e. The molecule has 8 aromatic carbocycles. The second-order valence-corrected chi connectivity index (χ2v) is 16.1. The van der Waals surface area contributed by atoms with Gasteiger partial charge >= 0.3 is 0 Å². The molecule has 0 unspecified atom stereocenters. The largest absolute Gasteiger partial charge is 0.309 e. The van der Waals surface area contributed by atoms with E-state index in [-0.39, 0.29) is 0 Å². The summed E-state index contributed by atoms with van der Waals surface area (Å²) in [6, 6.07) is 72.1. The van der Waals surface area contributed by atoms with Crippen molar-refractivity contribution in [2.45, 2.75) is 13.8 Å². The quantitative estimate of drug-likeness (QED) is 0.143. The summed E-state index contributed by atoms with van der Waals surface area (Å²) >= 11 is 0. The predicted molar refractivity (Wildman–Crippen MR) is 259 cm³/mol. The zero-order valence-electron chi connectivity index (χ0n) is 34.9. The van der Waals surface area contributed by atoms with Crippen LogP contribution >= 0.6 is 0 Å². The Labute approximate surface area is 361 Å². The van der Waals surface area contributed by atoms with Gasteiger partial charge in [-0.05, 0) is 113 Å². The van der Waals surface area contributed by atoms with Crippen molar-refractivity contribution in [3.63, 3.8) is 0 Å². The van der Waals surface area contributed by atoms with Crippen molar-refractivity contribution in [2.24, 2.45) is 7.05 Å². The van der Waals surface area contributed by atoms with E-state index < -0.39 is 0 Å². The van der Waals surface area contributed by atoms with Crippen molar-refractivity contribution in [3.05, 3.63) is 224 Å². The highest BCUT2D eigenvalue weighted by atomic mass is 15.2. The Kier molecular flexibility index (Phi) is 9.09. The van der Waals surface area contributed by atoms with Gasteiger partial charge in [0.05, 0.1) is 22.4 Å². The summed E-state index contributed by atoms with van der Waals surface area (Å²) < 4.78 is 6.81. The van der Waals surface area contributed by atoms with Gasteiger partial charge in [-0.15, -0.1) is 0 Å². The Morgan fingerprint density at radius 2 is 1.06 bits per heavy atom. The lowest BCUT2D eigenvalue weighted by Crippen LogP contribution is -2.13. The first-order valence-corrected chi connectivity index (χ1v) is 21.2. The van der Waals surface area contributed by atoms with Gasteiger partial charge in [-0.25, -0.2) is 9.55 Å². The summed E-state index contributed by atoms with van der Waals surface area (Å²) in [4.78, 5) is 7.57. The molecule has 0 saturated heterocycles. The molecule has 0 saturated carbocycles. The van der Waals surface area contributed by atoms with E-state index in [2.05, 4.69) is 246 Å². The molecule has 296 valence electrons. The molecule has 11 aromatic rings. The molecule has 0 N–H and O–H groups in total. The second kappa shape index (κ2) is 15.2. The molecule has 11 rings (SSSR count). The van der Waals surface area contributed by atoms with Gasteiger partial charge in [0.15, 0.2) is 17.4 Å². The van der Waals surface area contributed by atoms with Crippen LogP contribution < -0.4 is 4.90 Å². The fourth-order valence-corrected chi connectivity index (χ4v) is 9.44. The van der Waals surface area contributed by atoms with Crippen molar-refractivity contribution >= 4 is 49.9 Å². The SMILES string of the molecule is Cc1cccc(C)c1N(c1cccc(-n2[cH+]n(C)c3ccccc32)c1)c1ccc2c3ccccc3n(-c3cc(-c4c(-c5ccccc5)cccc4-c4ccccc4)ccn3)c2c1. The Hall–Kier alpha value is -8.02. The molecule has 0 radical (unpaired) electrons. The minimum atomic E-state index is 0.862. The van der Waals surface area contributed by atoms with E-state index in [1.807, 2.05) is 6.20 Å². The van der Waals surface area contributed by atoms with Crippen LogP contribution in [0.15, 0.2) is 213 Å². The maximum absolute atomic E-state index is 5.15.